The molecular weight excluding hydrogens is 264 g/mol. The highest BCUT2D eigenvalue weighted by molar-refractivity contribution is 4.70. The predicted octanol–water partition coefficient (Wildman–Crippen LogP) is 0.372. The maximum absolute atomic E-state index is 5.33. The van der Waals surface area contributed by atoms with Crippen molar-refractivity contribution < 1.29 is 4.74 Å². The highest BCUT2D eigenvalue weighted by Gasteiger charge is 2.13. The molecule has 0 radical (unpaired) electrons. The van der Waals surface area contributed by atoms with Gasteiger partial charge in [0.2, 0.25) is 0 Å². The number of hydrogen-bond donors (Lipinski definition) is 2. The molecule has 0 aromatic heterocycles. The van der Waals surface area contributed by atoms with Gasteiger partial charge in [-0.25, -0.2) is 0 Å². The van der Waals surface area contributed by atoms with Gasteiger partial charge in [0.15, 0.2) is 0 Å². The molecule has 0 saturated carbocycles. The van der Waals surface area contributed by atoms with Gasteiger partial charge < -0.3 is 15.4 Å². The van der Waals surface area contributed by atoms with Crippen LogP contribution in [0.2, 0.25) is 0 Å². The molecule has 3 fully saturated rings. The normalized spacial score (nSPS) is 28.7. The van der Waals surface area contributed by atoms with Crippen molar-refractivity contribution in [3.05, 3.63) is 0 Å². The Morgan fingerprint density at radius 3 is 2.10 bits per heavy atom. The molecule has 5 nitrogen and oxygen atoms in total. The molecule has 1 unspecified atom stereocenters. The highest BCUT2D eigenvalue weighted by Crippen LogP contribution is 2.04. The first kappa shape index (κ1) is 17.2. The van der Waals surface area contributed by atoms with Gasteiger partial charge in [-0.15, -0.1) is 0 Å². The third kappa shape index (κ3) is 7.56. The van der Waals surface area contributed by atoms with Gasteiger partial charge in [0.05, 0.1) is 13.2 Å². The van der Waals surface area contributed by atoms with E-state index in [1.54, 1.807) is 0 Å². The summed E-state index contributed by atoms with van der Waals surface area (Å²) in [5.41, 5.74) is 0. The Balaban J connectivity index is 0.000000194. The summed E-state index contributed by atoms with van der Waals surface area (Å²) in [4.78, 5) is 5.05. The smallest absolute Gasteiger partial charge is 0.0594 e. The summed E-state index contributed by atoms with van der Waals surface area (Å²) < 4.78 is 5.33. The Morgan fingerprint density at radius 1 is 0.905 bits per heavy atom. The maximum Gasteiger partial charge on any atom is 0.0594 e. The summed E-state index contributed by atoms with van der Waals surface area (Å²) in [7, 11) is 0. The van der Waals surface area contributed by atoms with Crippen molar-refractivity contribution in [2.24, 2.45) is 0 Å². The first-order valence-electron chi connectivity index (χ1n) is 8.81. The molecule has 3 aliphatic rings. The molecule has 0 aliphatic carbocycles. The number of hydrogen-bond acceptors (Lipinski definition) is 5. The number of nitrogens with zero attached hydrogens (tertiary/aromatic N) is 2. The zero-order valence-electron chi connectivity index (χ0n) is 13.8. The van der Waals surface area contributed by atoms with Crippen LogP contribution in [0.3, 0.4) is 0 Å². The van der Waals surface area contributed by atoms with Crippen molar-refractivity contribution in [2.45, 2.75) is 32.2 Å². The molecule has 1 atom stereocenters. The molecule has 2 N–H and O–H groups in total. The van der Waals surface area contributed by atoms with Gasteiger partial charge in [0, 0.05) is 58.4 Å². The van der Waals surface area contributed by atoms with Gasteiger partial charge in [-0.2, -0.15) is 0 Å². The van der Waals surface area contributed by atoms with E-state index in [2.05, 4.69) is 27.4 Å². The fourth-order valence-corrected chi connectivity index (χ4v) is 3.07. The lowest BCUT2D eigenvalue weighted by Crippen LogP contribution is -2.47. The molecule has 5 heteroatoms. The second-order valence-corrected chi connectivity index (χ2v) is 6.40. The number of piperidine rings is 1. The molecule has 3 heterocycles. The standard InChI is InChI=1S/C10H21N3O.C6H13N/c1-3-12(4-2-11-1)5-6-13-7-9-14-10-8-13;1-6-4-2-3-5-7-6/h11H,1-10H2;6-7H,2-5H2,1H3. The van der Waals surface area contributed by atoms with Gasteiger partial charge in [0.1, 0.15) is 0 Å². The zero-order valence-corrected chi connectivity index (χ0v) is 13.8. The van der Waals surface area contributed by atoms with Crippen LogP contribution in [0.25, 0.3) is 0 Å². The Kier molecular flexibility index (Phi) is 8.59. The second-order valence-electron chi connectivity index (χ2n) is 6.40. The largest absolute Gasteiger partial charge is 0.379 e. The van der Waals surface area contributed by atoms with Gasteiger partial charge >= 0.3 is 0 Å². The third-order valence-corrected chi connectivity index (χ3v) is 4.60. The van der Waals surface area contributed by atoms with Gasteiger partial charge in [-0.1, -0.05) is 6.42 Å². The molecule has 3 rings (SSSR count). The molecule has 0 aromatic carbocycles. The summed E-state index contributed by atoms with van der Waals surface area (Å²) >= 11 is 0. The predicted molar refractivity (Wildman–Crippen MR) is 87.9 cm³/mol. The van der Waals surface area contributed by atoms with E-state index in [-0.39, 0.29) is 0 Å². The van der Waals surface area contributed by atoms with E-state index in [4.69, 9.17) is 4.74 Å². The van der Waals surface area contributed by atoms with Crippen LogP contribution in [-0.4, -0.2) is 88.0 Å². The van der Waals surface area contributed by atoms with E-state index in [1.165, 1.54) is 52.0 Å². The molecular formula is C16H34N4O. The Hall–Kier alpha value is -0.200. The van der Waals surface area contributed by atoms with Crippen LogP contribution in [0.15, 0.2) is 0 Å². The van der Waals surface area contributed by atoms with Crippen LogP contribution in [0, 0.1) is 0 Å². The van der Waals surface area contributed by atoms with E-state index in [0.29, 0.717) is 0 Å². The summed E-state index contributed by atoms with van der Waals surface area (Å²) in [6, 6.07) is 0.786. The molecule has 3 aliphatic heterocycles. The van der Waals surface area contributed by atoms with Crippen molar-refractivity contribution in [1.29, 1.82) is 0 Å². The fraction of sp³-hybridized carbons (Fsp3) is 1.00. The van der Waals surface area contributed by atoms with Crippen LogP contribution in [0.4, 0.5) is 0 Å². The summed E-state index contributed by atoms with van der Waals surface area (Å²) in [5, 5.41) is 6.76. The lowest BCUT2D eigenvalue weighted by Gasteiger charge is -2.31. The quantitative estimate of drug-likeness (QED) is 0.788. The van der Waals surface area contributed by atoms with Crippen molar-refractivity contribution in [1.82, 2.24) is 20.4 Å². The van der Waals surface area contributed by atoms with E-state index >= 15 is 0 Å². The van der Waals surface area contributed by atoms with Gasteiger partial charge in [-0.3, -0.25) is 9.80 Å². The Labute approximate surface area is 130 Å². The van der Waals surface area contributed by atoms with Gasteiger partial charge in [0.25, 0.3) is 0 Å². The number of morpholine rings is 1. The van der Waals surface area contributed by atoms with E-state index in [9.17, 15) is 0 Å². The van der Waals surface area contributed by atoms with Crippen LogP contribution in [0.1, 0.15) is 26.2 Å². The molecule has 0 spiro atoms. The molecule has 124 valence electrons. The van der Waals surface area contributed by atoms with E-state index in [0.717, 1.165) is 45.4 Å². The van der Waals surface area contributed by atoms with Gasteiger partial charge in [-0.05, 0) is 26.3 Å². The van der Waals surface area contributed by atoms with Crippen LogP contribution >= 0.6 is 0 Å². The van der Waals surface area contributed by atoms with Crippen LogP contribution in [0.5, 0.6) is 0 Å². The van der Waals surface area contributed by atoms with Crippen molar-refractivity contribution in [3.8, 4) is 0 Å². The Morgan fingerprint density at radius 2 is 1.57 bits per heavy atom. The van der Waals surface area contributed by atoms with Crippen molar-refractivity contribution in [2.75, 3.05) is 72.1 Å². The van der Waals surface area contributed by atoms with E-state index < -0.39 is 0 Å². The first-order chi connectivity index (χ1) is 10.3. The number of nitrogens with one attached hydrogen (secondary N) is 2. The number of ether oxygens (including phenoxy) is 1. The minimum atomic E-state index is 0.786. The molecule has 0 amide bonds. The number of piperazine rings is 1. The minimum absolute atomic E-state index is 0.786. The van der Waals surface area contributed by atoms with Crippen LogP contribution < -0.4 is 10.6 Å². The molecule has 0 bridgehead atoms. The lowest BCUT2D eigenvalue weighted by atomic mass is 10.1. The monoisotopic (exact) mass is 298 g/mol. The average Bonchev–Trinajstić information content (AvgIpc) is 2.56. The average molecular weight is 298 g/mol. The third-order valence-electron chi connectivity index (χ3n) is 4.60. The lowest BCUT2D eigenvalue weighted by molar-refractivity contribution is 0.0328. The first-order valence-corrected chi connectivity index (χ1v) is 8.81. The summed E-state index contributed by atoms with van der Waals surface area (Å²) in [6.07, 6.45) is 4.18. The molecule has 0 aromatic rings. The van der Waals surface area contributed by atoms with E-state index in [1.807, 2.05) is 0 Å². The molecule has 21 heavy (non-hydrogen) atoms. The fourth-order valence-electron chi connectivity index (χ4n) is 3.07. The zero-order chi connectivity index (χ0) is 14.8. The Bertz CT molecular complexity index is 229. The number of rotatable bonds is 3. The maximum atomic E-state index is 5.33. The highest BCUT2D eigenvalue weighted by atomic mass is 16.5. The SMILES string of the molecule is C1CN(CCN2CCOCC2)CCN1.CC1CCCCN1. The second kappa shape index (κ2) is 10.5. The van der Waals surface area contributed by atoms with Crippen molar-refractivity contribution >= 4 is 0 Å². The minimum Gasteiger partial charge on any atom is -0.379 e. The molecule has 3 saturated heterocycles. The summed E-state index contributed by atoms with van der Waals surface area (Å²) in [5.74, 6) is 0. The summed E-state index contributed by atoms with van der Waals surface area (Å²) in [6.45, 7) is 14.7. The topological polar surface area (TPSA) is 39.8 Å². The van der Waals surface area contributed by atoms with Crippen LogP contribution in [-0.2, 0) is 4.74 Å². The van der Waals surface area contributed by atoms with Crippen molar-refractivity contribution in [3.63, 3.8) is 0 Å².